The highest BCUT2D eigenvalue weighted by atomic mass is 16.1. The van der Waals surface area contributed by atoms with E-state index in [1.807, 2.05) is 24.3 Å². The van der Waals surface area contributed by atoms with Crippen LogP contribution in [-0.4, -0.2) is 22.4 Å². The van der Waals surface area contributed by atoms with Gasteiger partial charge in [-0.15, -0.1) is 0 Å². The van der Waals surface area contributed by atoms with Crippen molar-refractivity contribution in [3.8, 4) is 0 Å². The maximum atomic E-state index is 11.6. The molecule has 0 atom stereocenters. The zero-order valence-electron chi connectivity index (χ0n) is 10.9. The molecule has 0 saturated heterocycles. The lowest BCUT2D eigenvalue weighted by Crippen LogP contribution is -2.27. The predicted octanol–water partition coefficient (Wildman–Crippen LogP) is 2.27. The molecule has 1 heterocycles. The van der Waals surface area contributed by atoms with Crippen LogP contribution in [0.4, 0.5) is 0 Å². The summed E-state index contributed by atoms with van der Waals surface area (Å²) in [6.07, 6.45) is 1.13. The van der Waals surface area contributed by atoms with Gasteiger partial charge in [-0.2, -0.15) is 0 Å². The minimum atomic E-state index is 0.0872. The molecule has 4 heteroatoms. The van der Waals surface area contributed by atoms with Gasteiger partial charge in [-0.25, -0.2) is 4.98 Å². The molecule has 0 spiro atoms. The van der Waals surface area contributed by atoms with Gasteiger partial charge in [0.25, 0.3) is 0 Å². The monoisotopic (exact) mass is 245 g/mol. The van der Waals surface area contributed by atoms with E-state index in [2.05, 4.69) is 29.1 Å². The van der Waals surface area contributed by atoms with Gasteiger partial charge in [-0.1, -0.05) is 26.0 Å². The van der Waals surface area contributed by atoms with E-state index >= 15 is 0 Å². The molecule has 0 fully saturated rings. The van der Waals surface area contributed by atoms with Gasteiger partial charge in [0.15, 0.2) is 0 Å². The van der Waals surface area contributed by atoms with Crippen molar-refractivity contribution in [3.05, 3.63) is 30.1 Å². The van der Waals surface area contributed by atoms with Crippen molar-refractivity contribution < 1.29 is 4.79 Å². The summed E-state index contributed by atoms with van der Waals surface area (Å²) >= 11 is 0. The molecule has 18 heavy (non-hydrogen) atoms. The summed E-state index contributed by atoms with van der Waals surface area (Å²) in [7, 11) is 0. The number of para-hydroxylation sites is 2. The lowest BCUT2D eigenvalue weighted by molar-refractivity contribution is -0.121. The van der Waals surface area contributed by atoms with E-state index in [9.17, 15) is 4.79 Å². The lowest BCUT2D eigenvalue weighted by atomic mass is 10.2. The Kier molecular flexibility index (Phi) is 3.97. The molecule has 0 saturated carbocycles. The van der Waals surface area contributed by atoms with Crippen LogP contribution in [-0.2, 0) is 11.2 Å². The number of nitrogens with one attached hydrogen (secondary N) is 2. The number of amides is 1. The van der Waals surface area contributed by atoms with Gasteiger partial charge in [0.1, 0.15) is 5.82 Å². The van der Waals surface area contributed by atoms with Crippen LogP contribution in [0, 0.1) is 5.92 Å². The number of H-pyrrole nitrogens is 1. The number of aromatic amines is 1. The Balaban J connectivity index is 1.88. The number of aryl methyl sites for hydroxylation is 1. The predicted molar refractivity (Wildman–Crippen MR) is 72.3 cm³/mol. The third-order valence-corrected chi connectivity index (χ3v) is 2.73. The molecule has 0 aliphatic heterocycles. The molecule has 0 bridgehead atoms. The van der Waals surface area contributed by atoms with Gasteiger partial charge in [0.2, 0.25) is 5.91 Å². The van der Waals surface area contributed by atoms with Crippen molar-refractivity contribution in [1.29, 1.82) is 0 Å². The number of rotatable bonds is 5. The van der Waals surface area contributed by atoms with Gasteiger partial charge in [-0.3, -0.25) is 4.79 Å². The first-order valence-electron chi connectivity index (χ1n) is 6.35. The molecule has 0 aliphatic rings. The zero-order chi connectivity index (χ0) is 13.0. The van der Waals surface area contributed by atoms with Crippen molar-refractivity contribution in [2.24, 2.45) is 5.92 Å². The van der Waals surface area contributed by atoms with Crippen LogP contribution in [0.1, 0.15) is 26.1 Å². The Morgan fingerprint density at radius 3 is 2.89 bits per heavy atom. The first-order valence-corrected chi connectivity index (χ1v) is 6.35. The highest BCUT2D eigenvalue weighted by molar-refractivity contribution is 5.77. The summed E-state index contributed by atoms with van der Waals surface area (Å²) in [5.41, 5.74) is 1.98. The van der Waals surface area contributed by atoms with Gasteiger partial charge >= 0.3 is 0 Å². The van der Waals surface area contributed by atoms with Crippen molar-refractivity contribution >= 4 is 16.9 Å². The molecule has 0 unspecified atom stereocenters. The summed E-state index contributed by atoms with van der Waals surface area (Å²) in [4.78, 5) is 19.3. The molecule has 2 aromatic rings. The Labute approximate surface area is 107 Å². The number of hydrogen-bond donors (Lipinski definition) is 2. The number of nitrogens with zero attached hydrogens (tertiary/aromatic N) is 1. The van der Waals surface area contributed by atoms with Crippen molar-refractivity contribution in [3.63, 3.8) is 0 Å². The summed E-state index contributed by atoms with van der Waals surface area (Å²) in [5, 5.41) is 2.91. The number of fused-ring (bicyclic) bond motifs is 1. The average Bonchev–Trinajstić information content (AvgIpc) is 2.76. The molecule has 4 nitrogen and oxygen atoms in total. The molecule has 1 aromatic heterocycles. The van der Waals surface area contributed by atoms with E-state index in [1.54, 1.807) is 0 Å². The van der Waals surface area contributed by atoms with Crippen LogP contribution < -0.4 is 5.32 Å². The second kappa shape index (κ2) is 5.67. The van der Waals surface area contributed by atoms with Crippen molar-refractivity contribution in [2.75, 3.05) is 6.54 Å². The van der Waals surface area contributed by atoms with E-state index in [0.29, 0.717) is 18.8 Å². The molecule has 1 amide bonds. The summed E-state index contributed by atoms with van der Waals surface area (Å²) < 4.78 is 0. The maximum absolute atomic E-state index is 11.6. The molecule has 0 aliphatic carbocycles. The van der Waals surface area contributed by atoms with Crippen molar-refractivity contribution in [1.82, 2.24) is 15.3 Å². The molecular formula is C14H19N3O. The molecule has 2 rings (SSSR count). The van der Waals surface area contributed by atoms with E-state index in [0.717, 1.165) is 23.4 Å². The average molecular weight is 245 g/mol. The summed E-state index contributed by atoms with van der Waals surface area (Å²) in [6.45, 7) is 4.90. The number of aromatic nitrogens is 2. The number of carbonyl (C=O) groups is 1. The Morgan fingerprint density at radius 2 is 2.17 bits per heavy atom. The summed E-state index contributed by atoms with van der Waals surface area (Å²) in [5.74, 6) is 1.44. The second-order valence-corrected chi connectivity index (χ2v) is 4.90. The highest BCUT2D eigenvalue weighted by Gasteiger charge is 2.06. The Bertz CT molecular complexity index is 498. The first-order chi connectivity index (χ1) is 8.65. The molecule has 2 N–H and O–H groups in total. The third kappa shape index (κ3) is 3.32. The standard InChI is InChI=1S/C14H19N3O/c1-10(2)9-15-14(18)8-7-13-16-11-5-3-4-6-12(11)17-13/h3-6,10H,7-9H2,1-2H3,(H,15,18)(H,16,17). The minimum Gasteiger partial charge on any atom is -0.356 e. The first kappa shape index (κ1) is 12.6. The fourth-order valence-corrected chi connectivity index (χ4v) is 1.76. The van der Waals surface area contributed by atoms with Gasteiger partial charge in [0.05, 0.1) is 11.0 Å². The van der Waals surface area contributed by atoms with Crippen LogP contribution in [0.2, 0.25) is 0 Å². The number of imidazole rings is 1. The van der Waals surface area contributed by atoms with Gasteiger partial charge < -0.3 is 10.3 Å². The number of benzene rings is 1. The topological polar surface area (TPSA) is 57.8 Å². The van der Waals surface area contributed by atoms with Crippen LogP contribution in [0.5, 0.6) is 0 Å². The number of hydrogen-bond acceptors (Lipinski definition) is 2. The van der Waals surface area contributed by atoms with Crippen molar-refractivity contribution in [2.45, 2.75) is 26.7 Å². The molecule has 1 aromatic carbocycles. The third-order valence-electron chi connectivity index (χ3n) is 2.73. The van der Waals surface area contributed by atoms with Gasteiger partial charge in [-0.05, 0) is 18.1 Å². The highest BCUT2D eigenvalue weighted by Crippen LogP contribution is 2.11. The maximum Gasteiger partial charge on any atom is 0.220 e. The number of carbonyl (C=O) groups excluding carboxylic acids is 1. The van der Waals surface area contributed by atoms with Crippen LogP contribution in [0.15, 0.2) is 24.3 Å². The quantitative estimate of drug-likeness (QED) is 0.849. The SMILES string of the molecule is CC(C)CNC(=O)CCc1nc2ccccc2[nH]1. The smallest absolute Gasteiger partial charge is 0.220 e. The van der Waals surface area contributed by atoms with Crippen LogP contribution in [0.3, 0.4) is 0 Å². The summed E-state index contributed by atoms with van der Waals surface area (Å²) in [6, 6.07) is 7.89. The molecular weight excluding hydrogens is 226 g/mol. The van der Waals surface area contributed by atoms with E-state index in [1.165, 1.54) is 0 Å². The van der Waals surface area contributed by atoms with Crippen LogP contribution in [0.25, 0.3) is 11.0 Å². The minimum absolute atomic E-state index is 0.0872. The molecule has 96 valence electrons. The van der Waals surface area contributed by atoms with E-state index in [4.69, 9.17) is 0 Å². The zero-order valence-corrected chi connectivity index (χ0v) is 10.9. The second-order valence-electron chi connectivity index (χ2n) is 4.90. The Morgan fingerprint density at radius 1 is 1.39 bits per heavy atom. The van der Waals surface area contributed by atoms with Gasteiger partial charge in [0, 0.05) is 19.4 Å². The van der Waals surface area contributed by atoms with E-state index < -0.39 is 0 Å². The lowest BCUT2D eigenvalue weighted by Gasteiger charge is -2.06. The Hall–Kier alpha value is -1.84. The van der Waals surface area contributed by atoms with Crippen LogP contribution >= 0.6 is 0 Å². The fraction of sp³-hybridized carbons (Fsp3) is 0.429. The molecule has 0 radical (unpaired) electrons. The fourth-order valence-electron chi connectivity index (χ4n) is 1.76. The normalized spacial score (nSPS) is 11.1. The van der Waals surface area contributed by atoms with E-state index in [-0.39, 0.29) is 5.91 Å². The largest absolute Gasteiger partial charge is 0.356 e.